The van der Waals surface area contributed by atoms with E-state index in [0.717, 1.165) is 19.3 Å². The number of hydrogen-bond donors (Lipinski definition) is 0. The van der Waals surface area contributed by atoms with E-state index in [1.165, 1.54) is 6.92 Å². The molecule has 0 saturated heterocycles. The monoisotopic (exact) mass is 173 g/mol. The molecule has 0 aromatic carbocycles. The number of ether oxygens (including phenoxy) is 1. The first-order valence-electron chi connectivity index (χ1n) is 4.21. The number of carbonyl (C=O) groups is 1. The van der Waals surface area contributed by atoms with E-state index >= 15 is 0 Å². The van der Waals surface area contributed by atoms with Crippen molar-refractivity contribution in [1.82, 2.24) is 0 Å². The van der Waals surface area contributed by atoms with Gasteiger partial charge in [0.1, 0.15) is 0 Å². The van der Waals surface area contributed by atoms with Crippen molar-refractivity contribution < 1.29 is 9.53 Å². The third-order valence-corrected chi connectivity index (χ3v) is 1.49. The Labute approximate surface area is 72.3 Å². The molecule has 0 fully saturated rings. The van der Waals surface area contributed by atoms with E-state index in [1.807, 2.05) is 0 Å². The van der Waals surface area contributed by atoms with Crippen molar-refractivity contribution in [1.29, 1.82) is 0 Å². The molecule has 1 atom stereocenters. The smallest absolute Gasteiger partial charge is 0.334 e. The van der Waals surface area contributed by atoms with Gasteiger partial charge in [-0.15, -0.1) is 4.91 Å². The highest BCUT2D eigenvalue weighted by atomic mass is 16.5. The summed E-state index contributed by atoms with van der Waals surface area (Å²) in [6, 6.07) is -0.869. The van der Waals surface area contributed by atoms with Crippen LogP contribution in [0.2, 0.25) is 0 Å². The molecular formula is C8H15NO3. The number of unbranched alkanes of at least 4 members (excludes halogenated alkanes) is 2. The minimum Gasteiger partial charge on any atom is -0.464 e. The molecule has 0 aromatic heterocycles. The Morgan fingerprint density at radius 3 is 2.67 bits per heavy atom. The molecule has 0 heterocycles. The zero-order chi connectivity index (χ0) is 9.40. The van der Waals surface area contributed by atoms with Gasteiger partial charge in [-0.2, -0.15) is 0 Å². The van der Waals surface area contributed by atoms with E-state index in [1.54, 1.807) is 0 Å². The SMILES string of the molecule is CCCCCOC(=O)C(C)N=O. The molecule has 4 nitrogen and oxygen atoms in total. The molecule has 1 unspecified atom stereocenters. The second kappa shape index (κ2) is 6.76. The molecule has 0 aliphatic rings. The van der Waals surface area contributed by atoms with E-state index in [9.17, 15) is 9.70 Å². The van der Waals surface area contributed by atoms with Gasteiger partial charge in [-0.05, 0) is 13.3 Å². The van der Waals surface area contributed by atoms with Gasteiger partial charge in [0.2, 0.25) is 0 Å². The minimum absolute atomic E-state index is 0.395. The molecule has 0 N–H and O–H groups in total. The zero-order valence-corrected chi connectivity index (χ0v) is 7.58. The number of hydrogen-bond acceptors (Lipinski definition) is 4. The zero-order valence-electron chi connectivity index (χ0n) is 7.58. The average molecular weight is 173 g/mol. The van der Waals surface area contributed by atoms with Crippen molar-refractivity contribution in [2.45, 2.75) is 39.2 Å². The predicted molar refractivity (Wildman–Crippen MR) is 45.7 cm³/mol. The highest BCUT2D eigenvalue weighted by Gasteiger charge is 2.13. The molecule has 0 amide bonds. The summed E-state index contributed by atoms with van der Waals surface area (Å²) in [4.78, 5) is 20.7. The van der Waals surface area contributed by atoms with Crippen molar-refractivity contribution >= 4 is 5.97 Å². The lowest BCUT2D eigenvalue weighted by Gasteiger charge is -2.04. The van der Waals surface area contributed by atoms with Crippen LogP contribution in [0.4, 0.5) is 0 Å². The second-order valence-electron chi connectivity index (χ2n) is 2.66. The Hall–Kier alpha value is -0.930. The van der Waals surface area contributed by atoms with Crippen LogP contribution >= 0.6 is 0 Å². The maximum Gasteiger partial charge on any atom is 0.334 e. The van der Waals surface area contributed by atoms with Gasteiger partial charge in [0.05, 0.1) is 6.61 Å². The summed E-state index contributed by atoms with van der Waals surface area (Å²) in [6.45, 7) is 3.89. The maximum atomic E-state index is 10.8. The van der Waals surface area contributed by atoms with Crippen LogP contribution in [-0.2, 0) is 9.53 Å². The van der Waals surface area contributed by atoms with Crippen LogP contribution in [0, 0.1) is 4.91 Å². The van der Waals surface area contributed by atoms with Gasteiger partial charge in [0.25, 0.3) is 0 Å². The Morgan fingerprint density at radius 2 is 2.17 bits per heavy atom. The van der Waals surface area contributed by atoms with Gasteiger partial charge in [-0.25, -0.2) is 4.79 Å². The van der Waals surface area contributed by atoms with E-state index in [4.69, 9.17) is 4.74 Å². The molecule has 0 spiro atoms. The van der Waals surface area contributed by atoms with Crippen LogP contribution in [0.5, 0.6) is 0 Å². The van der Waals surface area contributed by atoms with Crippen molar-refractivity contribution in [3.8, 4) is 0 Å². The summed E-state index contributed by atoms with van der Waals surface area (Å²) in [5, 5.41) is 2.56. The van der Waals surface area contributed by atoms with Gasteiger partial charge < -0.3 is 4.74 Å². The normalized spacial score (nSPS) is 12.2. The van der Waals surface area contributed by atoms with Crippen LogP contribution in [-0.4, -0.2) is 18.6 Å². The van der Waals surface area contributed by atoms with Crippen molar-refractivity contribution in [2.75, 3.05) is 6.61 Å². The minimum atomic E-state index is -0.869. The van der Waals surface area contributed by atoms with Gasteiger partial charge in [0.15, 0.2) is 6.04 Å². The Kier molecular flexibility index (Phi) is 6.24. The molecule has 0 saturated carbocycles. The van der Waals surface area contributed by atoms with Crippen molar-refractivity contribution in [3.63, 3.8) is 0 Å². The molecular weight excluding hydrogens is 158 g/mol. The Balaban J connectivity index is 3.37. The fraction of sp³-hybridized carbons (Fsp3) is 0.875. The standard InChI is InChI=1S/C8H15NO3/c1-3-4-5-6-12-8(10)7(2)9-11/h7H,3-6H2,1-2H3. The van der Waals surface area contributed by atoms with Gasteiger partial charge in [0, 0.05) is 0 Å². The molecule has 70 valence electrons. The molecule has 12 heavy (non-hydrogen) atoms. The van der Waals surface area contributed by atoms with Crippen LogP contribution in [0.1, 0.15) is 33.1 Å². The molecule has 4 heteroatoms. The van der Waals surface area contributed by atoms with E-state index in [2.05, 4.69) is 12.1 Å². The average Bonchev–Trinajstić information content (AvgIpc) is 2.10. The Morgan fingerprint density at radius 1 is 1.50 bits per heavy atom. The summed E-state index contributed by atoms with van der Waals surface area (Å²) in [5.41, 5.74) is 0. The quantitative estimate of drug-likeness (QED) is 0.350. The molecule has 0 aliphatic heterocycles. The van der Waals surface area contributed by atoms with E-state index < -0.39 is 12.0 Å². The van der Waals surface area contributed by atoms with Crippen LogP contribution in [0.25, 0.3) is 0 Å². The van der Waals surface area contributed by atoms with E-state index in [-0.39, 0.29) is 0 Å². The summed E-state index contributed by atoms with van der Waals surface area (Å²) in [6.07, 6.45) is 2.98. The topological polar surface area (TPSA) is 55.7 Å². The van der Waals surface area contributed by atoms with E-state index in [0.29, 0.717) is 6.61 Å². The number of carbonyl (C=O) groups excluding carboxylic acids is 1. The number of nitroso groups, excluding NO2 is 1. The second-order valence-corrected chi connectivity index (χ2v) is 2.66. The highest BCUT2D eigenvalue weighted by Crippen LogP contribution is 1.97. The Bertz CT molecular complexity index is 147. The maximum absolute atomic E-state index is 10.8. The largest absolute Gasteiger partial charge is 0.464 e. The summed E-state index contributed by atoms with van der Waals surface area (Å²) >= 11 is 0. The number of esters is 1. The molecule has 0 aromatic rings. The lowest BCUT2D eigenvalue weighted by atomic mass is 10.3. The molecule has 0 radical (unpaired) electrons. The van der Waals surface area contributed by atoms with Crippen molar-refractivity contribution in [2.24, 2.45) is 5.18 Å². The van der Waals surface area contributed by atoms with Gasteiger partial charge >= 0.3 is 5.97 Å². The highest BCUT2D eigenvalue weighted by molar-refractivity contribution is 5.75. The fourth-order valence-electron chi connectivity index (χ4n) is 0.688. The predicted octanol–water partition coefficient (Wildman–Crippen LogP) is 1.87. The number of nitrogens with zero attached hydrogens (tertiary/aromatic N) is 1. The lowest BCUT2D eigenvalue weighted by molar-refractivity contribution is -0.144. The fourth-order valence-corrected chi connectivity index (χ4v) is 0.688. The first-order valence-corrected chi connectivity index (χ1v) is 4.21. The summed E-state index contributed by atoms with van der Waals surface area (Å²) in [7, 11) is 0. The molecule has 0 aliphatic carbocycles. The summed E-state index contributed by atoms with van der Waals surface area (Å²) < 4.78 is 4.76. The molecule has 0 bridgehead atoms. The third kappa shape index (κ3) is 4.82. The van der Waals surface area contributed by atoms with Crippen LogP contribution in [0.3, 0.4) is 0 Å². The van der Waals surface area contributed by atoms with Gasteiger partial charge in [-0.3, -0.25) is 0 Å². The van der Waals surface area contributed by atoms with Crippen molar-refractivity contribution in [3.05, 3.63) is 4.91 Å². The van der Waals surface area contributed by atoms with Gasteiger partial charge in [-0.1, -0.05) is 24.9 Å². The third-order valence-electron chi connectivity index (χ3n) is 1.49. The summed E-state index contributed by atoms with van der Waals surface area (Å²) in [5.74, 6) is -0.527. The number of rotatable bonds is 6. The first kappa shape index (κ1) is 11.1. The van der Waals surface area contributed by atoms with Crippen LogP contribution in [0.15, 0.2) is 5.18 Å². The first-order chi connectivity index (χ1) is 5.72. The molecule has 0 rings (SSSR count). The van der Waals surface area contributed by atoms with Crippen LogP contribution < -0.4 is 0 Å². The lowest BCUT2D eigenvalue weighted by Crippen LogP contribution is -2.17.